The van der Waals surface area contributed by atoms with Crippen LogP contribution in [0.15, 0.2) is 24.3 Å². The molecule has 9 nitrogen and oxygen atoms in total. The molecule has 1 aromatic heterocycles. The van der Waals surface area contributed by atoms with E-state index in [2.05, 4.69) is 15.6 Å². The summed E-state index contributed by atoms with van der Waals surface area (Å²) in [6.45, 7) is 5.86. The summed E-state index contributed by atoms with van der Waals surface area (Å²) in [5, 5.41) is 11.6. The Morgan fingerprint density at radius 2 is 2.03 bits per heavy atom. The molecule has 2 amide bonds. The van der Waals surface area contributed by atoms with Gasteiger partial charge in [-0.25, -0.2) is 4.68 Å². The smallest absolute Gasteiger partial charge is 0.227 e. The van der Waals surface area contributed by atoms with E-state index >= 15 is 0 Å². The lowest BCUT2D eigenvalue weighted by Gasteiger charge is -2.34. The third kappa shape index (κ3) is 4.65. The van der Waals surface area contributed by atoms with Gasteiger partial charge in [-0.15, -0.1) is 5.10 Å². The topological polar surface area (TPSA) is 98.6 Å². The van der Waals surface area contributed by atoms with E-state index in [1.54, 1.807) is 0 Å². The zero-order valence-electron chi connectivity index (χ0n) is 19.1. The zero-order chi connectivity index (χ0) is 22.8. The zero-order valence-corrected chi connectivity index (χ0v) is 19.1. The van der Waals surface area contributed by atoms with Crippen molar-refractivity contribution in [1.29, 1.82) is 0 Å². The highest BCUT2D eigenvalue weighted by atomic mass is 16.5. The maximum Gasteiger partial charge on any atom is 0.227 e. The summed E-state index contributed by atoms with van der Waals surface area (Å²) in [6, 6.07) is 8.01. The van der Waals surface area contributed by atoms with Crippen molar-refractivity contribution in [3.05, 3.63) is 46.8 Å². The van der Waals surface area contributed by atoms with Crippen LogP contribution < -0.4 is 5.32 Å². The second-order valence-electron chi connectivity index (χ2n) is 9.39. The Morgan fingerprint density at radius 3 is 2.85 bits per heavy atom. The molecule has 5 rings (SSSR count). The van der Waals surface area contributed by atoms with Crippen LogP contribution in [0.25, 0.3) is 0 Å². The lowest BCUT2D eigenvalue weighted by Crippen LogP contribution is -2.45. The van der Waals surface area contributed by atoms with Gasteiger partial charge < -0.3 is 19.7 Å². The number of ether oxygens (including phenoxy) is 2. The number of fused-ring (bicyclic) bond motifs is 1. The summed E-state index contributed by atoms with van der Waals surface area (Å²) in [7, 11) is 0. The molecule has 0 aliphatic carbocycles. The van der Waals surface area contributed by atoms with Gasteiger partial charge in [0.15, 0.2) is 0 Å². The number of carbonyl (C=O) groups excluding carboxylic acids is 2. The van der Waals surface area contributed by atoms with Crippen molar-refractivity contribution in [2.24, 2.45) is 5.92 Å². The Hall–Kier alpha value is -2.78. The average molecular weight is 454 g/mol. The van der Waals surface area contributed by atoms with Gasteiger partial charge >= 0.3 is 0 Å². The van der Waals surface area contributed by atoms with E-state index in [-0.39, 0.29) is 17.7 Å². The van der Waals surface area contributed by atoms with Gasteiger partial charge in [-0.1, -0.05) is 29.5 Å². The molecule has 0 radical (unpaired) electrons. The van der Waals surface area contributed by atoms with Crippen molar-refractivity contribution in [2.75, 3.05) is 26.3 Å². The molecule has 0 bridgehead atoms. The van der Waals surface area contributed by atoms with E-state index in [9.17, 15) is 9.59 Å². The van der Waals surface area contributed by atoms with Crippen LogP contribution in [0, 0.1) is 12.8 Å². The predicted octanol–water partition coefficient (Wildman–Crippen LogP) is 1.37. The average Bonchev–Trinajstić information content (AvgIpc) is 3.43. The number of hydrogen-bond donors (Lipinski definition) is 1. The first-order valence-corrected chi connectivity index (χ1v) is 11.8. The third-order valence-corrected chi connectivity index (χ3v) is 7.17. The van der Waals surface area contributed by atoms with E-state index in [0.29, 0.717) is 52.4 Å². The standard InChI is InChI=1S/C24H31N5O4/c1-17-4-2-3-5-19(17)12-22(30)28-9-8-24(15-28)16-29-21(14-33-24)20(26-27-29)13-25-23(31)18-6-10-32-11-7-18/h2-5,18H,6-16H2,1H3,(H,25,31). The molecule has 3 aliphatic heterocycles. The molecule has 2 fully saturated rings. The largest absolute Gasteiger partial charge is 0.381 e. The fourth-order valence-corrected chi connectivity index (χ4v) is 4.99. The van der Waals surface area contributed by atoms with Gasteiger partial charge in [-0.2, -0.15) is 0 Å². The summed E-state index contributed by atoms with van der Waals surface area (Å²) >= 11 is 0. The van der Waals surface area contributed by atoms with Gasteiger partial charge in [0.2, 0.25) is 11.8 Å². The number of carbonyl (C=O) groups is 2. The Labute approximate surface area is 193 Å². The highest BCUT2D eigenvalue weighted by Crippen LogP contribution is 2.33. The number of aryl methyl sites for hydroxylation is 1. The van der Waals surface area contributed by atoms with Crippen molar-refractivity contribution in [3.63, 3.8) is 0 Å². The molecule has 2 aromatic rings. The minimum absolute atomic E-state index is 0.00588. The minimum atomic E-state index is -0.426. The lowest BCUT2D eigenvalue weighted by atomic mass is 9.99. The Morgan fingerprint density at radius 1 is 1.21 bits per heavy atom. The predicted molar refractivity (Wildman–Crippen MR) is 119 cm³/mol. The Balaban J connectivity index is 1.18. The van der Waals surface area contributed by atoms with Crippen molar-refractivity contribution >= 4 is 11.8 Å². The van der Waals surface area contributed by atoms with Gasteiger partial charge in [0, 0.05) is 25.7 Å². The molecule has 33 heavy (non-hydrogen) atoms. The lowest BCUT2D eigenvalue weighted by molar-refractivity contribution is -0.132. The van der Waals surface area contributed by atoms with Crippen LogP contribution in [0.5, 0.6) is 0 Å². The SMILES string of the molecule is Cc1ccccc1CC(=O)N1CCC2(C1)Cn1nnc(CNC(=O)C3CCOCC3)c1CO2. The quantitative estimate of drug-likeness (QED) is 0.734. The van der Waals surface area contributed by atoms with Gasteiger partial charge in [0.05, 0.1) is 38.4 Å². The monoisotopic (exact) mass is 453 g/mol. The van der Waals surface area contributed by atoms with Crippen molar-refractivity contribution in [3.8, 4) is 0 Å². The van der Waals surface area contributed by atoms with Crippen molar-refractivity contribution in [2.45, 2.75) is 57.9 Å². The minimum Gasteiger partial charge on any atom is -0.381 e. The van der Waals surface area contributed by atoms with Crippen LogP contribution in [-0.2, 0) is 45.2 Å². The summed E-state index contributed by atoms with van der Waals surface area (Å²) in [5.41, 5.74) is 3.43. The molecule has 9 heteroatoms. The van der Waals surface area contributed by atoms with Gasteiger partial charge in [-0.05, 0) is 37.3 Å². The molecule has 1 N–H and O–H groups in total. The Kier molecular flexibility index (Phi) is 6.16. The second-order valence-corrected chi connectivity index (χ2v) is 9.39. The molecular weight excluding hydrogens is 422 g/mol. The number of rotatable bonds is 5. The molecular formula is C24H31N5O4. The molecule has 1 atom stereocenters. The van der Waals surface area contributed by atoms with Crippen LogP contribution in [0.1, 0.15) is 41.8 Å². The van der Waals surface area contributed by atoms with Crippen LogP contribution >= 0.6 is 0 Å². The number of likely N-dealkylation sites (tertiary alicyclic amines) is 1. The van der Waals surface area contributed by atoms with Crippen LogP contribution in [-0.4, -0.2) is 63.6 Å². The van der Waals surface area contributed by atoms with E-state index in [0.717, 1.165) is 41.8 Å². The van der Waals surface area contributed by atoms with E-state index in [1.165, 1.54) is 0 Å². The van der Waals surface area contributed by atoms with Gasteiger partial charge in [-0.3, -0.25) is 9.59 Å². The molecule has 1 aromatic carbocycles. The number of benzene rings is 1. The summed E-state index contributed by atoms with van der Waals surface area (Å²) < 4.78 is 13.5. The summed E-state index contributed by atoms with van der Waals surface area (Å²) in [6.07, 6.45) is 2.71. The Bertz CT molecular complexity index is 1030. The molecule has 1 unspecified atom stereocenters. The van der Waals surface area contributed by atoms with Gasteiger partial charge in [0.25, 0.3) is 0 Å². The van der Waals surface area contributed by atoms with Crippen molar-refractivity contribution < 1.29 is 19.1 Å². The first-order chi connectivity index (χ1) is 16.0. The van der Waals surface area contributed by atoms with Gasteiger partial charge in [0.1, 0.15) is 11.3 Å². The fourth-order valence-electron chi connectivity index (χ4n) is 4.99. The summed E-state index contributed by atoms with van der Waals surface area (Å²) in [4.78, 5) is 27.2. The van der Waals surface area contributed by atoms with E-state index in [1.807, 2.05) is 40.8 Å². The number of nitrogens with zero attached hydrogens (tertiary/aromatic N) is 4. The maximum absolute atomic E-state index is 12.9. The second kappa shape index (κ2) is 9.23. The normalized spacial score (nSPS) is 23.0. The molecule has 2 saturated heterocycles. The maximum atomic E-state index is 12.9. The van der Waals surface area contributed by atoms with Crippen LogP contribution in [0.4, 0.5) is 0 Å². The number of nitrogens with one attached hydrogen (secondary N) is 1. The molecule has 4 heterocycles. The molecule has 1 spiro atoms. The number of aromatic nitrogens is 3. The number of amides is 2. The summed E-state index contributed by atoms with van der Waals surface area (Å²) in [5.74, 6) is 0.184. The molecule has 0 saturated carbocycles. The van der Waals surface area contributed by atoms with E-state index in [4.69, 9.17) is 9.47 Å². The molecule has 176 valence electrons. The van der Waals surface area contributed by atoms with E-state index < -0.39 is 5.60 Å². The van der Waals surface area contributed by atoms with Crippen LogP contribution in [0.2, 0.25) is 0 Å². The highest BCUT2D eigenvalue weighted by Gasteiger charge is 2.44. The first-order valence-electron chi connectivity index (χ1n) is 11.8. The molecule has 3 aliphatic rings. The first kappa shape index (κ1) is 22.0. The third-order valence-electron chi connectivity index (χ3n) is 7.17. The number of hydrogen-bond acceptors (Lipinski definition) is 6. The fraction of sp³-hybridized carbons (Fsp3) is 0.583. The van der Waals surface area contributed by atoms with Crippen molar-refractivity contribution in [1.82, 2.24) is 25.2 Å². The highest BCUT2D eigenvalue weighted by molar-refractivity contribution is 5.79. The van der Waals surface area contributed by atoms with Crippen LogP contribution in [0.3, 0.4) is 0 Å².